The number of carbonyl (C=O) groups excluding carboxylic acids is 1. The van der Waals surface area contributed by atoms with Gasteiger partial charge in [-0.3, -0.25) is 4.79 Å². The van der Waals surface area contributed by atoms with E-state index in [-0.39, 0.29) is 17.6 Å². The van der Waals surface area contributed by atoms with Gasteiger partial charge in [0.1, 0.15) is 0 Å². The lowest BCUT2D eigenvalue weighted by molar-refractivity contribution is -0.0917. The van der Waals surface area contributed by atoms with Gasteiger partial charge in [-0.25, -0.2) is 0 Å². The third kappa shape index (κ3) is 4.02. The summed E-state index contributed by atoms with van der Waals surface area (Å²) in [4.78, 5) is 13.1. The zero-order chi connectivity index (χ0) is 15.5. The fourth-order valence-electron chi connectivity index (χ4n) is 2.85. The van der Waals surface area contributed by atoms with E-state index in [2.05, 4.69) is 47.7 Å². The van der Waals surface area contributed by atoms with E-state index < -0.39 is 0 Å². The van der Waals surface area contributed by atoms with Crippen molar-refractivity contribution in [3.63, 3.8) is 0 Å². The average molecular weight is 372 g/mol. The zero-order valence-electron chi connectivity index (χ0n) is 12.5. The maximum Gasteiger partial charge on any atom is 0.252 e. The molecule has 1 unspecified atom stereocenters. The van der Waals surface area contributed by atoms with Crippen LogP contribution in [0.1, 0.15) is 49.9 Å². The second-order valence-electron chi connectivity index (χ2n) is 5.56. The summed E-state index contributed by atoms with van der Waals surface area (Å²) in [5.74, 6) is -0.0551. The first-order valence-electron chi connectivity index (χ1n) is 7.43. The fraction of sp³-hybridized carbons (Fsp3) is 0.562. The highest BCUT2D eigenvalue weighted by atomic mass is 79.9. The predicted molar refractivity (Wildman–Crippen MR) is 91.1 cm³/mol. The molecule has 5 heteroatoms. The number of halogens is 1. The quantitative estimate of drug-likeness (QED) is 0.778. The Balaban J connectivity index is 2.05. The van der Waals surface area contributed by atoms with E-state index in [4.69, 9.17) is 4.74 Å². The SMILES string of the molecule is CCC1(CC)CC(NC(=O)c2ccc(Br)cc2S)CCO1. The van der Waals surface area contributed by atoms with Crippen LogP contribution in [0.5, 0.6) is 0 Å². The summed E-state index contributed by atoms with van der Waals surface area (Å²) >= 11 is 7.76. The van der Waals surface area contributed by atoms with Crippen molar-refractivity contribution in [2.24, 2.45) is 0 Å². The summed E-state index contributed by atoms with van der Waals surface area (Å²) in [5, 5.41) is 3.14. The molecule has 0 bridgehead atoms. The summed E-state index contributed by atoms with van der Waals surface area (Å²) in [6.45, 7) is 5.00. The molecule has 1 aromatic rings. The Labute approximate surface area is 140 Å². The molecule has 21 heavy (non-hydrogen) atoms. The highest BCUT2D eigenvalue weighted by Crippen LogP contribution is 2.31. The van der Waals surface area contributed by atoms with E-state index >= 15 is 0 Å². The minimum atomic E-state index is -0.0836. The van der Waals surface area contributed by atoms with Crippen molar-refractivity contribution in [1.29, 1.82) is 0 Å². The predicted octanol–water partition coefficient (Wildman–Crippen LogP) is 4.21. The molecular weight excluding hydrogens is 350 g/mol. The lowest BCUT2D eigenvalue weighted by atomic mass is 9.86. The summed E-state index contributed by atoms with van der Waals surface area (Å²) in [6.07, 6.45) is 3.70. The Morgan fingerprint density at radius 1 is 1.48 bits per heavy atom. The van der Waals surface area contributed by atoms with Crippen LogP contribution in [-0.2, 0) is 4.74 Å². The molecule has 1 aromatic carbocycles. The van der Waals surface area contributed by atoms with Crippen molar-refractivity contribution >= 4 is 34.5 Å². The molecule has 0 saturated carbocycles. The minimum Gasteiger partial charge on any atom is -0.375 e. The second-order valence-corrected chi connectivity index (χ2v) is 6.96. The minimum absolute atomic E-state index is 0.0551. The summed E-state index contributed by atoms with van der Waals surface area (Å²) < 4.78 is 6.87. The first-order valence-corrected chi connectivity index (χ1v) is 8.67. The molecule has 1 amide bonds. The molecule has 1 heterocycles. The topological polar surface area (TPSA) is 38.3 Å². The van der Waals surface area contributed by atoms with E-state index in [9.17, 15) is 4.79 Å². The molecule has 0 radical (unpaired) electrons. The third-order valence-electron chi connectivity index (χ3n) is 4.32. The molecule has 0 spiro atoms. The Bertz CT molecular complexity index is 517. The number of rotatable bonds is 4. The van der Waals surface area contributed by atoms with Gasteiger partial charge in [0, 0.05) is 22.0 Å². The van der Waals surface area contributed by atoms with Crippen LogP contribution in [0, 0.1) is 0 Å². The molecule has 1 aliphatic heterocycles. The number of ether oxygens (including phenoxy) is 1. The molecule has 3 nitrogen and oxygen atoms in total. The third-order valence-corrected chi connectivity index (χ3v) is 5.18. The van der Waals surface area contributed by atoms with Crippen LogP contribution in [0.15, 0.2) is 27.6 Å². The number of hydrogen-bond donors (Lipinski definition) is 2. The second kappa shape index (κ2) is 7.16. The van der Waals surface area contributed by atoms with Crippen molar-refractivity contribution in [1.82, 2.24) is 5.32 Å². The molecule has 0 aliphatic carbocycles. The molecule has 2 rings (SSSR count). The number of thiol groups is 1. The number of hydrogen-bond acceptors (Lipinski definition) is 3. The van der Waals surface area contributed by atoms with Crippen molar-refractivity contribution < 1.29 is 9.53 Å². The lowest BCUT2D eigenvalue weighted by Crippen LogP contribution is -2.48. The zero-order valence-corrected chi connectivity index (χ0v) is 15.0. The molecule has 1 saturated heterocycles. The largest absolute Gasteiger partial charge is 0.375 e. The van der Waals surface area contributed by atoms with Gasteiger partial charge in [0.15, 0.2) is 0 Å². The van der Waals surface area contributed by atoms with Crippen molar-refractivity contribution in [3.05, 3.63) is 28.2 Å². The monoisotopic (exact) mass is 371 g/mol. The Morgan fingerprint density at radius 2 is 2.19 bits per heavy atom. The van der Waals surface area contributed by atoms with Gasteiger partial charge in [0.05, 0.1) is 11.2 Å². The maximum absolute atomic E-state index is 12.4. The van der Waals surface area contributed by atoms with Gasteiger partial charge in [0.2, 0.25) is 0 Å². The van der Waals surface area contributed by atoms with E-state index in [1.165, 1.54) is 0 Å². The highest BCUT2D eigenvalue weighted by molar-refractivity contribution is 9.10. The van der Waals surface area contributed by atoms with Crippen LogP contribution < -0.4 is 5.32 Å². The smallest absolute Gasteiger partial charge is 0.252 e. The first kappa shape index (κ1) is 16.8. The fourth-order valence-corrected chi connectivity index (χ4v) is 3.71. The molecular formula is C16H22BrNO2S. The number of carbonyl (C=O) groups is 1. The standard InChI is InChI=1S/C16H22BrNO2S/c1-3-16(4-2)10-12(7-8-20-16)18-15(19)13-6-5-11(17)9-14(13)21/h5-6,9,12,21H,3-4,7-8,10H2,1-2H3,(H,18,19). The number of benzene rings is 1. The van der Waals surface area contributed by atoms with Gasteiger partial charge in [-0.2, -0.15) is 0 Å². The van der Waals surface area contributed by atoms with Gasteiger partial charge in [-0.1, -0.05) is 29.8 Å². The number of nitrogens with one attached hydrogen (secondary N) is 1. The molecule has 1 fully saturated rings. The van der Waals surface area contributed by atoms with Crippen LogP contribution in [0.3, 0.4) is 0 Å². The van der Waals surface area contributed by atoms with Gasteiger partial charge in [-0.05, 0) is 43.9 Å². The van der Waals surface area contributed by atoms with E-state index in [0.29, 0.717) is 17.1 Å². The van der Waals surface area contributed by atoms with Crippen molar-refractivity contribution in [2.75, 3.05) is 6.61 Å². The summed E-state index contributed by atoms with van der Waals surface area (Å²) in [7, 11) is 0. The van der Waals surface area contributed by atoms with E-state index in [0.717, 1.165) is 30.2 Å². The Kier molecular flexibility index (Phi) is 5.74. The van der Waals surface area contributed by atoms with Crippen molar-refractivity contribution in [2.45, 2.75) is 56.1 Å². The van der Waals surface area contributed by atoms with Crippen molar-refractivity contribution in [3.8, 4) is 0 Å². The molecule has 116 valence electrons. The molecule has 1 N–H and O–H groups in total. The van der Waals surface area contributed by atoms with Gasteiger partial charge >= 0.3 is 0 Å². The Hall–Kier alpha value is -0.520. The van der Waals surface area contributed by atoms with E-state index in [1.54, 1.807) is 6.07 Å². The van der Waals surface area contributed by atoms with Crippen LogP contribution in [0.25, 0.3) is 0 Å². The molecule has 0 aromatic heterocycles. The summed E-state index contributed by atoms with van der Waals surface area (Å²) in [5.41, 5.74) is 0.534. The lowest BCUT2D eigenvalue weighted by Gasteiger charge is -2.40. The van der Waals surface area contributed by atoms with E-state index in [1.807, 2.05) is 12.1 Å². The van der Waals surface area contributed by atoms with Crippen LogP contribution in [-0.4, -0.2) is 24.2 Å². The normalized spacial score (nSPS) is 21.0. The molecule has 1 aliphatic rings. The Morgan fingerprint density at radius 3 is 2.81 bits per heavy atom. The summed E-state index contributed by atoms with van der Waals surface area (Å²) in [6, 6.07) is 5.67. The van der Waals surface area contributed by atoms with Gasteiger partial charge < -0.3 is 10.1 Å². The average Bonchev–Trinajstić information content (AvgIpc) is 2.47. The van der Waals surface area contributed by atoms with Crippen LogP contribution >= 0.6 is 28.6 Å². The molecule has 1 atom stereocenters. The van der Waals surface area contributed by atoms with Gasteiger partial charge in [0.25, 0.3) is 5.91 Å². The highest BCUT2D eigenvalue weighted by Gasteiger charge is 2.35. The van der Waals surface area contributed by atoms with Crippen LogP contribution in [0.2, 0.25) is 0 Å². The first-order chi connectivity index (χ1) is 9.99. The maximum atomic E-state index is 12.4. The van der Waals surface area contributed by atoms with Crippen LogP contribution in [0.4, 0.5) is 0 Å². The van der Waals surface area contributed by atoms with Gasteiger partial charge in [-0.15, -0.1) is 12.6 Å². The number of amides is 1.